The zero-order chi connectivity index (χ0) is 45.2. The van der Waals surface area contributed by atoms with E-state index in [4.69, 9.17) is 0 Å². The normalized spacial score (nSPS) is 17.1. The van der Waals surface area contributed by atoms with Gasteiger partial charge in [-0.15, -0.1) is 0 Å². The Balaban J connectivity index is 1.48. The molecule has 0 spiro atoms. The third kappa shape index (κ3) is 21.3. The maximum Gasteiger partial charge on any atom is 0.321 e. The number of rotatable bonds is 23. The summed E-state index contributed by atoms with van der Waals surface area (Å²) in [6.07, 6.45) is 4.45. The molecule has 0 saturated carbocycles. The Kier molecular flexibility index (Phi) is 19.6. The van der Waals surface area contributed by atoms with E-state index >= 15 is 0 Å². The van der Waals surface area contributed by atoms with Gasteiger partial charge in [0.2, 0.25) is 11.9 Å². The van der Waals surface area contributed by atoms with Crippen molar-refractivity contribution in [2.45, 2.75) is 65.0 Å². The van der Waals surface area contributed by atoms with Crippen LogP contribution >= 0.6 is 0 Å². The van der Waals surface area contributed by atoms with Gasteiger partial charge in [-0.05, 0) is 20.8 Å². The van der Waals surface area contributed by atoms with Crippen LogP contribution in [0.15, 0.2) is 27.8 Å². The smallest absolute Gasteiger partial charge is 0.321 e. The Bertz CT molecular complexity index is 1700. The monoisotopic (exact) mass is 861 g/mol. The third-order valence-corrected chi connectivity index (χ3v) is 10.6. The van der Waals surface area contributed by atoms with Crippen molar-refractivity contribution in [2.24, 2.45) is 4.99 Å². The predicted octanol–water partition coefficient (Wildman–Crippen LogP) is -0.444. The van der Waals surface area contributed by atoms with E-state index < -0.39 is 17.6 Å². The van der Waals surface area contributed by atoms with Crippen LogP contribution in [-0.2, 0) is 9.59 Å². The summed E-state index contributed by atoms with van der Waals surface area (Å²) in [5.74, 6) is 0.435. The SMILES string of the molecule is Cc1cc(=O)nc(NC(=O)NCCC[N+](C)(C)CCN(CC[N+](C)(C)CCCNC(=O)NC2=CC(=O)CC(C)N2)CC[N+](C)(C)CCCNC(=O)NC2=NC(=O)CC(C)N2)[nH]1. The lowest BCUT2D eigenvalue weighted by Crippen LogP contribution is -2.53. The number of anilines is 1. The van der Waals surface area contributed by atoms with Crippen molar-refractivity contribution in [2.75, 3.05) is 126 Å². The molecule has 9 N–H and O–H groups in total. The van der Waals surface area contributed by atoms with Crippen molar-refractivity contribution >= 4 is 41.7 Å². The first-order valence-corrected chi connectivity index (χ1v) is 21.4. The molecular weight excluding hydrogens is 787 g/mol. The molecule has 21 nitrogen and oxygen atoms in total. The largest absolute Gasteiger partial charge is 0.369 e. The molecule has 1 aromatic rings. The van der Waals surface area contributed by atoms with Gasteiger partial charge < -0.3 is 45.0 Å². The van der Waals surface area contributed by atoms with Crippen molar-refractivity contribution in [1.82, 2.24) is 52.1 Å². The third-order valence-electron chi connectivity index (χ3n) is 10.6. The van der Waals surface area contributed by atoms with Crippen LogP contribution in [0.1, 0.15) is 51.6 Å². The lowest BCUT2D eigenvalue weighted by atomic mass is 10.1. The van der Waals surface area contributed by atoms with E-state index in [1.807, 2.05) is 13.8 Å². The molecule has 0 fully saturated rings. The fourth-order valence-corrected chi connectivity index (χ4v) is 6.91. The summed E-state index contributed by atoms with van der Waals surface area (Å²) >= 11 is 0. The van der Waals surface area contributed by atoms with E-state index in [0.717, 1.165) is 91.6 Å². The number of hydrogen-bond donors (Lipinski definition) is 9. The molecule has 0 saturated heterocycles. The second-order valence-corrected chi connectivity index (χ2v) is 18.3. The summed E-state index contributed by atoms with van der Waals surface area (Å²) in [5.41, 5.74) is 0.186. The number of likely N-dealkylation sites (N-methyl/N-ethyl adjacent to an activating group) is 3. The second-order valence-electron chi connectivity index (χ2n) is 18.3. The minimum atomic E-state index is -0.425. The molecule has 1 aromatic heterocycles. The van der Waals surface area contributed by atoms with Crippen LogP contribution in [0.4, 0.5) is 20.3 Å². The Labute approximate surface area is 360 Å². The van der Waals surface area contributed by atoms with Gasteiger partial charge in [0, 0.05) is 101 Å². The number of nitrogens with one attached hydrogen (secondary N) is 9. The number of nitrogens with zero attached hydrogens (tertiary/aromatic N) is 6. The number of ketones is 1. The van der Waals surface area contributed by atoms with Crippen molar-refractivity contribution in [3.05, 3.63) is 34.0 Å². The van der Waals surface area contributed by atoms with Crippen LogP contribution in [0, 0.1) is 6.92 Å². The lowest BCUT2D eigenvalue weighted by Gasteiger charge is -2.37. The van der Waals surface area contributed by atoms with Crippen molar-refractivity contribution in [1.29, 1.82) is 0 Å². The highest BCUT2D eigenvalue weighted by atomic mass is 16.2. The fourth-order valence-electron chi connectivity index (χ4n) is 6.91. The quantitative estimate of drug-likeness (QED) is 0.0508. The summed E-state index contributed by atoms with van der Waals surface area (Å²) in [5, 5.41) is 22.7. The number of aryl methyl sites for hydroxylation is 1. The maximum atomic E-state index is 12.5. The molecule has 0 bridgehead atoms. The number of guanidine groups is 1. The van der Waals surface area contributed by atoms with Crippen molar-refractivity contribution < 1.29 is 37.4 Å². The molecule has 61 heavy (non-hydrogen) atoms. The molecule has 3 heterocycles. The Morgan fingerprint density at radius 1 is 0.689 bits per heavy atom. The summed E-state index contributed by atoms with van der Waals surface area (Å²) in [4.78, 5) is 85.6. The fraction of sp³-hybridized carbons (Fsp3) is 0.700. The molecule has 342 valence electrons. The summed E-state index contributed by atoms with van der Waals surface area (Å²) in [7, 11) is 13.2. The second kappa shape index (κ2) is 23.8. The molecule has 0 aromatic carbocycles. The minimum absolute atomic E-state index is 0.0135. The lowest BCUT2D eigenvalue weighted by molar-refractivity contribution is -0.895. The highest BCUT2D eigenvalue weighted by molar-refractivity contribution is 6.03. The Morgan fingerprint density at radius 3 is 1.64 bits per heavy atom. The van der Waals surface area contributed by atoms with Crippen LogP contribution in [-0.4, -0.2) is 197 Å². The molecule has 21 heteroatoms. The number of quaternary nitrogens is 3. The number of carbonyl (C=O) groups is 5. The van der Waals surface area contributed by atoms with Gasteiger partial charge in [-0.25, -0.2) is 14.4 Å². The van der Waals surface area contributed by atoms with Gasteiger partial charge in [-0.2, -0.15) is 9.98 Å². The highest BCUT2D eigenvalue weighted by Gasteiger charge is 2.25. The highest BCUT2D eigenvalue weighted by Crippen LogP contribution is 2.08. The van der Waals surface area contributed by atoms with Gasteiger partial charge in [0.15, 0.2) is 5.78 Å². The van der Waals surface area contributed by atoms with E-state index in [1.165, 1.54) is 12.1 Å². The number of aliphatic imine (C=N–C) groups is 1. The Hall–Kier alpha value is -5.12. The van der Waals surface area contributed by atoms with Gasteiger partial charge in [-0.1, -0.05) is 0 Å². The number of aromatic nitrogens is 2. The first-order valence-electron chi connectivity index (χ1n) is 21.4. The summed E-state index contributed by atoms with van der Waals surface area (Å²) < 4.78 is 2.31. The van der Waals surface area contributed by atoms with Gasteiger partial charge in [-0.3, -0.25) is 35.2 Å². The van der Waals surface area contributed by atoms with E-state index in [0.29, 0.717) is 44.0 Å². The number of hydrogen-bond acceptors (Lipinski definition) is 10. The zero-order valence-corrected chi connectivity index (χ0v) is 38.0. The average molecular weight is 861 g/mol. The molecule has 2 aliphatic heterocycles. The topological polar surface area (TPSA) is 243 Å². The Morgan fingerprint density at radius 2 is 1.16 bits per heavy atom. The molecule has 2 atom stereocenters. The van der Waals surface area contributed by atoms with E-state index in [1.54, 1.807) is 6.92 Å². The molecule has 2 aliphatic rings. The molecule has 0 radical (unpaired) electrons. The molecule has 0 aliphatic carbocycles. The van der Waals surface area contributed by atoms with Gasteiger partial charge in [0.05, 0.1) is 81.6 Å². The average Bonchev–Trinajstić information content (AvgIpc) is 3.12. The predicted molar refractivity (Wildman–Crippen MR) is 235 cm³/mol. The standard InChI is InChI=1S/C40H71N15O6/c1-29-25-32(56)28-33(44-29)47-38(59)41-13-10-19-53(4,5)22-16-52(17-23-54(6,7)20-11-14-42-39(60)50-36-45-30(2)26-34(57)48-36)18-24-55(8,9)21-12-15-43-40(61)51-37-46-31(3)27-35(58)49-37/h26,28-29,31H,10-25,27H2,1-9H3,(H6-3,41,42,43,44,45,46,47,48,49,50,51,56,57,58,59,60,61)/p+3. The number of urea groups is 3. The number of amides is 7. The minimum Gasteiger partial charge on any atom is -0.369 e. The van der Waals surface area contributed by atoms with Gasteiger partial charge >= 0.3 is 18.1 Å². The zero-order valence-electron chi connectivity index (χ0n) is 38.0. The molecule has 2 unspecified atom stereocenters. The number of allylic oxidation sites excluding steroid dienone is 1. The molecule has 7 amide bonds. The van der Waals surface area contributed by atoms with Crippen LogP contribution in [0.2, 0.25) is 0 Å². The first kappa shape index (κ1) is 50.2. The summed E-state index contributed by atoms with van der Waals surface area (Å²) in [6.45, 7) is 14.9. The van der Waals surface area contributed by atoms with Gasteiger partial charge in [0.25, 0.3) is 11.5 Å². The van der Waals surface area contributed by atoms with Gasteiger partial charge in [0.1, 0.15) is 5.82 Å². The number of aromatic amines is 1. The van der Waals surface area contributed by atoms with Crippen molar-refractivity contribution in [3.63, 3.8) is 0 Å². The van der Waals surface area contributed by atoms with Crippen LogP contribution < -0.4 is 48.1 Å². The maximum absolute atomic E-state index is 12.5. The first-order chi connectivity index (χ1) is 28.6. The number of H-pyrrole nitrogens is 1. The molecular formula is C40H74N15O6+3. The van der Waals surface area contributed by atoms with E-state index in [2.05, 4.69) is 105 Å². The number of carbonyl (C=O) groups excluding carboxylic acids is 5. The van der Waals surface area contributed by atoms with E-state index in [-0.39, 0.29) is 41.7 Å². The van der Waals surface area contributed by atoms with E-state index in [9.17, 15) is 28.8 Å². The van der Waals surface area contributed by atoms with Crippen LogP contribution in [0.5, 0.6) is 0 Å². The van der Waals surface area contributed by atoms with Crippen LogP contribution in [0.3, 0.4) is 0 Å². The van der Waals surface area contributed by atoms with Crippen molar-refractivity contribution in [3.8, 4) is 0 Å². The molecule has 3 rings (SSSR count). The summed E-state index contributed by atoms with van der Waals surface area (Å²) in [6, 6.07) is 0.0831. The van der Waals surface area contributed by atoms with Crippen LogP contribution in [0.25, 0.3) is 0 Å².